The van der Waals surface area contributed by atoms with Crippen molar-refractivity contribution in [1.82, 2.24) is 14.5 Å². The number of anilines is 1. The number of carbonyl (C=O) groups is 1. The molecule has 0 bridgehead atoms. The Morgan fingerprint density at radius 1 is 1.14 bits per heavy atom. The Kier molecular flexibility index (Phi) is 7.89. The van der Waals surface area contributed by atoms with Crippen LogP contribution in [0.2, 0.25) is 0 Å². The highest BCUT2D eigenvalue weighted by Gasteiger charge is 2.21. The summed E-state index contributed by atoms with van der Waals surface area (Å²) in [5.74, 6) is 0.0985. The first kappa shape index (κ1) is 26.3. The largest absolute Gasteiger partial charge is 0.388 e. The second-order valence-corrected chi connectivity index (χ2v) is 9.83. The number of ketones is 1. The van der Waals surface area contributed by atoms with Crippen LogP contribution < -0.4 is 10.9 Å². The van der Waals surface area contributed by atoms with E-state index in [1.54, 1.807) is 37.0 Å². The van der Waals surface area contributed by atoms with Gasteiger partial charge in [0.1, 0.15) is 0 Å². The van der Waals surface area contributed by atoms with E-state index >= 15 is 0 Å². The van der Waals surface area contributed by atoms with Crippen LogP contribution in [0.1, 0.15) is 59.9 Å². The van der Waals surface area contributed by atoms with Gasteiger partial charge >= 0.3 is 0 Å². The highest BCUT2D eigenvalue weighted by Crippen LogP contribution is 2.29. The number of aryl methyl sites for hydroxylation is 2. The Morgan fingerprint density at radius 2 is 1.92 bits per heavy atom. The summed E-state index contributed by atoms with van der Waals surface area (Å²) < 4.78 is 1.68. The molecule has 6 heteroatoms. The Morgan fingerprint density at radius 3 is 2.54 bits per heavy atom. The van der Waals surface area contributed by atoms with Crippen LogP contribution >= 0.6 is 0 Å². The molecule has 1 unspecified atom stereocenters. The van der Waals surface area contributed by atoms with Crippen LogP contribution in [0.5, 0.6) is 0 Å². The first-order chi connectivity index (χ1) is 17.7. The molecule has 2 aromatic heterocycles. The summed E-state index contributed by atoms with van der Waals surface area (Å²) in [5, 5.41) is 3.02. The molecule has 1 aromatic carbocycles. The van der Waals surface area contributed by atoms with Crippen molar-refractivity contribution in [2.75, 3.05) is 25.5 Å². The molecule has 1 N–H and O–H groups in total. The first-order valence-electron chi connectivity index (χ1n) is 12.8. The topological polar surface area (TPSA) is 67.2 Å². The van der Waals surface area contributed by atoms with Crippen molar-refractivity contribution in [2.24, 2.45) is 0 Å². The van der Waals surface area contributed by atoms with E-state index in [1.165, 1.54) is 16.7 Å². The molecule has 0 saturated heterocycles. The zero-order chi connectivity index (χ0) is 26.7. The van der Waals surface area contributed by atoms with E-state index in [1.807, 2.05) is 31.2 Å². The standard InChI is InChI=1S/C31H36N4O2/c1-20(18-29-22(3)33-13-9-30(29)35-16-12-27(32-6)19-31(35)37)23(4)34-14-10-25(11-15-34)28-8-7-26(24(5)36)17-21(28)2/h7-10,12-13,16-19,23,32H,11,14-15H2,1-6H3/b20-18+. The maximum atomic E-state index is 12.8. The molecule has 0 aliphatic carbocycles. The zero-order valence-electron chi connectivity index (χ0n) is 22.6. The molecule has 0 amide bonds. The molecule has 3 aromatic rings. The van der Waals surface area contributed by atoms with Gasteiger partial charge in [0.15, 0.2) is 5.78 Å². The lowest BCUT2D eigenvalue weighted by Gasteiger charge is -2.33. The minimum Gasteiger partial charge on any atom is -0.388 e. The third kappa shape index (κ3) is 5.65. The summed E-state index contributed by atoms with van der Waals surface area (Å²) >= 11 is 0. The van der Waals surface area contributed by atoms with Gasteiger partial charge in [0.2, 0.25) is 0 Å². The Hall–Kier alpha value is -3.77. The van der Waals surface area contributed by atoms with E-state index < -0.39 is 0 Å². The van der Waals surface area contributed by atoms with Crippen molar-refractivity contribution in [3.63, 3.8) is 0 Å². The molecule has 37 heavy (non-hydrogen) atoms. The molecule has 1 aliphatic rings. The van der Waals surface area contributed by atoms with Gasteiger partial charge in [0, 0.05) is 67.1 Å². The summed E-state index contributed by atoms with van der Waals surface area (Å²) in [4.78, 5) is 31.5. The van der Waals surface area contributed by atoms with Crippen molar-refractivity contribution in [3.8, 4) is 5.69 Å². The van der Waals surface area contributed by atoms with Gasteiger partial charge in [0.25, 0.3) is 5.56 Å². The minimum absolute atomic E-state index is 0.0851. The van der Waals surface area contributed by atoms with Gasteiger partial charge in [-0.3, -0.25) is 24.0 Å². The van der Waals surface area contributed by atoms with E-state index in [-0.39, 0.29) is 17.4 Å². The average molecular weight is 497 g/mol. The zero-order valence-corrected chi connectivity index (χ0v) is 22.6. The van der Waals surface area contributed by atoms with Gasteiger partial charge in [-0.25, -0.2) is 0 Å². The molecule has 192 valence electrons. The van der Waals surface area contributed by atoms with E-state index in [9.17, 15) is 9.59 Å². The Balaban J connectivity index is 1.57. The molecular weight excluding hydrogens is 460 g/mol. The lowest BCUT2D eigenvalue weighted by atomic mass is 9.92. The number of Topliss-reactive ketones (excluding diaryl/α,β-unsaturated/α-hetero) is 1. The normalized spacial score (nSPS) is 15.3. The predicted octanol–water partition coefficient (Wildman–Crippen LogP) is 5.67. The number of nitrogens with zero attached hydrogens (tertiary/aromatic N) is 3. The lowest BCUT2D eigenvalue weighted by Crippen LogP contribution is -2.37. The van der Waals surface area contributed by atoms with Gasteiger partial charge in [-0.15, -0.1) is 0 Å². The summed E-state index contributed by atoms with van der Waals surface area (Å²) in [5.41, 5.74) is 9.08. The minimum atomic E-state index is -0.0851. The quantitative estimate of drug-likeness (QED) is 0.427. The lowest BCUT2D eigenvalue weighted by molar-refractivity contribution is 0.101. The molecule has 6 nitrogen and oxygen atoms in total. The number of pyridine rings is 2. The number of benzene rings is 1. The third-order valence-electron chi connectivity index (χ3n) is 7.43. The number of hydrogen-bond donors (Lipinski definition) is 1. The predicted molar refractivity (Wildman–Crippen MR) is 153 cm³/mol. The number of aromatic nitrogens is 2. The molecule has 1 aliphatic heterocycles. The number of rotatable bonds is 7. The van der Waals surface area contributed by atoms with E-state index in [0.29, 0.717) is 0 Å². The van der Waals surface area contributed by atoms with Crippen molar-refractivity contribution < 1.29 is 4.79 Å². The van der Waals surface area contributed by atoms with Gasteiger partial charge in [-0.2, -0.15) is 0 Å². The molecule has 1 atom stereocenters. The van der Waals surface area contributed by atoms with Gasteiger partial charge in [-0.1, -0.05) is 29.9 Å². The van der Waals surface area contributed by atoms with Crippen LogP contribution in [0.3, 0.4) is 0 Å². The first-order valence-corrected chi connectivity index (χ1v) is 12.8. The number of hydrogen-bond acceptors (Lipinski definition) is 5. The van der Waals surface area contributed by atoms with Crippen molar-refractivity contribution in [2.45, 2.75) is 47.1 Å². The van der Waals surface area contributed by atoms with E-state index in [0.717, 1.165) is 53.3 Å². The molecule has 4 rings (SSSR count). The molecule has 3 heterocycles. The van der Waals surface area contributed by atoms with Gasteiger partial charge < -0.3 is 5.32 Å². The monoisotopic (exact) mass is 496 g/mol. The van der Waals surface area contributed by atoms with Crippen LogP contribution in [0.15, 0.2) is 65.2 Å². The van der Waals surface area contributed by atoms with Crippen LogP contribution in [-0.2, 0) is 0 Å². The second kappa shape index (κ2) is 11.1. The highest BCUT2D eigenvalue weighted by atomic mass is 16.1. The average Bonchev–Trinajstić information content (AvgIpc) is 2.89. The van der Waals surface area contributed by atoms with E-state index in [4.69, 9.17) is 0 Å². The summed E-state index contributed by atoms with van der Waals surface area (Å²) in [6.07, 6.45) is 9.00. The van der Waals surface area contributed by atoms with Crippen LogP contribution in [-0.4, -0.2) is 46.4 Å². The fourth-order valence-corrected chi connectivity index (χ4v) is 4.95. The van der Waals surface area contributed by atoms with Crippen LogP contribution in [0.4, 0.5) is 5.69 Å². The number of carbonyl (C=O) groups excluding carboxylic acids is 1. The Bertz CT molecular complexity index is 1450. The maximum absolute atomic E-state index is 12.8. The maximum Gasteiger partial charge on any atom is 0.257 e. The molecule has 0 spiro atoms. The summed E-state index contributed by atoms with van der Waals surface area (Å²) in [6, 6.07) is 11.6. The fraction of sp³-hybridized carbons (Fsp3) is 0.323. The van der Waals surface area contributed by atoms with E-state index in [2.05, 4.69) is 54.2 Å². The molecule has 0 radical (unpaired) electrons. The van der Waals surface area contributed by atoms with Crippen molar-refractivity contribution in [1.29, 1.82) is 0 Å². The Labute approximate surface area is 219 Å². The van der Waals surface area contributed by atoms with Crippen molar-refractivity contribution in [3.05, 3.63) is 98.7 Å². The smallest absolute Gasteiger partial charge is 0.257 e. The SMILES string of the molecule is CNc1ccn(-c2ccnc(C)c2/C=C(\C)C(C)N2CC=C(c3ccc(C(C)=O)cc3C)CC2)c(=O)c1. The van der Waals surface area contributed by atoms with Crippen molar-refractivity contribution >= 4 is 23.1 Å². The van der Waals surface area contributed by atoms with Crippen LogP contribution in [0, 0.1) is 13.8 Å². The number of nitrogens with one attached hydrogen (secondary N) is 1. The molecule has 0 fully saturated rings. The van der Waals surface area contributed by atoms with Gasteiger partial charge in [0.05, 0.1) is 5.69 Å². The fourth-order valence-electron chi connectivity index (χ4n) is 4.95. The summed E-state index contributed by atoms with van der Waals surface area (Å²) in [7, 11) is 1.80. The van der Waals surface area contributed by atoms with Crippen LogP contribution in [0.25, 0.3) is 17.3 Å². The second-order valence-electron chi connectivity index (χ2n) is 9.83. The molecule has 0 saturated carbocycles. The third-order valence-corrected chi connectivity index (χ3v) is 7.43. The molecular formula is C31H36N4O2. The highest BCUT2D eigenvalue weighted by molar-refractivity contribution is 5.94. The van der Waals surface area contributed by atoms with Gasteiger partial charge in [-0.05, 0) is 75.9 Å². The summed E-state index contributed by atoms with van der Waals surface area (Å²) in [6.45, 7) is 11.9.